The maximum atomic E-state index is 5.11. The van der Waals surface area contributed by atoms with Crippen molar-refractivity contribution >= 4 is 29.9 Å². The third-order valence-corrected chi connectivity index (χ3v) is 3.30. The number of rotatable bonds is 5. The van der Waals surface area contributed by atoms with Gasteiger partial charge in [-0.2, -0.15) is 0 Å². The summed E-state index contributed by atoms with van der Waals surface area (Å²) in [6.07, 6.45) is 2.61. The summed E-state index contributed by atoms with van der Waals surface area (Å²) >= 11 is 0. The highest BCUT2D eigenvalue weighted by atomic mass is 127. The number of nitrogens with one attached hydrogen (secondary N) is 2. The lowest BCUT2D eigenvalue weighted by atomic mass is 9.99. The van der Waals surface area contributed by atoms with Gasteiger partial charge in [0.2, 0.25) is 0 Å². The van der Waals surface area contributed by atoms with Gasteiger partial charge in [-0.05, 0) is 39.3 Å². The smallest absolute Gasteiger partial charge is 0.191 e. The van der Waals surface area contributed by atoms with Crippen LogP contribution in [0.1, 0.15) is 19.8 Å². The molecule has 0 aromatic rings. The fraction of sp³-hybridized carbons (Fsp3) is 0.923. The molecule has 0 bridgehead atoms. The Morgan fingerprint density at radius 2 is 2.26 bits per heavy atom. The first-order chi connectivity index (χ1) is 8.65. The largest absolute Gasteiger partial charge is 0.383 e. The van der Waals surface area contributed by atoms with E-state index in [1.807, 2.05) is 7.05 Å². The number of hydrogen-bond acceptors (Lipinski definition) is 3. The van der Waals surface area contributed by atoms with E-state index in [-0.39, 0.29) is 30.0 Å². The van der Waals surface area contributed by atoms with Gasteiger partial charge in [0.1, 0.15) is 0 Å². The molecule has 1 aliphatic rings. The van der Waals surface area contributed by atoms with Crippen molar-refractivity contribution in [3.05, 3.63) is 0 Å². The number of ether oxygens (including phenoxy) is 1. The summed E-state index contributed by atoms with van der Waals surface area (Å²) in [6, 6.07) is 0.273. The highest BCUT2D eigenvalue weighted by Crippen LogP contribution is 2.13. The topological polar surface area (TPSA) is 48.9 Å². The molecule has 6 heteroatoms. The zero-order valence-corrected chi connectivity index (χ0v) is 14.9. The molecule has 1 heterocycles. The molecule has 0 spiro atoms. The van der Waals surface area contributed by atoms with Gasteiger partial charge in [-0.1, -0.05) is 0 Å². The Labute approximate surface area is 134 Å². The van der Waals surface area contributed by atoms with Crippen LogP contribution >= 0.6 is 24.0 Å². The number of guanidine groups is 1. The Morgan fingerprint density at radius 3 is 2.84 bits per heavy atom. The Balaban J connectivity index is 0.00000324. The third-order valence-electron chi connectivity index (χ3n) is 3.30. The monoisotopic (exact) mass is 384 g/mol. The average molecular weight is 384 g/mol. The van der Waals surface area contributed by atoms with Crippen LogP contribution < -0.4 is 10.6 Å². The lowest BCUT2D eigenvalue weighted by Crippen LogP contribution is -2.47. The van der Waals surface area contributed by atoms with E-state index in [1.54, 1.807) is 7.11 Å². The Hall–Kier alpha value is -0.0800. The molecule has 2 unspecified atom stereocenters. The molecular weight excluding hydrogens is 355 g/mol. The maximum Gasteiger partial charge on any atom is 0.191 e. The fourth-order valence-electron chi connectivity index (χ4n) is 2.40. The minimum Gasteiger partial charge on any atom is -0.383 e. The van der Waals surface area contributed by atoms with Crippen LogP contribution in [0.4, 0.5) is 0 Å². The number of halogens is 1. The quantitative estimate of drug-likeness (QED) is 0.424. The van der Waals surface area contributed by atoms with Gasteiger partial charge in [-0.25, -0.2) is 0 Å². The van der Waals surface area contributed by atoms with Crippen molar-refractivity contribution in [2.45, 2.75) is 25.8 Å². The van der Waals surface area contributed by atoms with Crippen LogP contribution in [0.15, 0.2) is 4.99 Å². The standard InChI is InChI=1S/C13H28N4O.HI/c1-11(10-18-4)16-13(14-2)15-8-12-6-5-7-17(3)9-12;/h11-12H,5-10H2,1-4H3,(H2,14,15,16);1H. The predicted octanol–water partition coefficient (Wildman–Crippen LogP) is 1.15. The number of hydrogen-bond donors (Lipinski definition) is 2. The van der Waals surface area contributed by atoms with E-state index in [9.17, 15) is 0 Å². The molecule has 2 N–H and O–H groups in total. The Kier molecular flexibility index (Phi) is 10.6. The number of piperidine rings is 1. The number of likely N-dealkylation sites (tertiary alicyclic amines) is 1. The van der Waals surface area contributed by atoms with Crippen LogP contribution in [0.3, 0.4) is 0 Å². The van der Waals surface area contributed by atoms with Crippen LogP contribution in [-0.2, 0) is 4.74 Å². The van der Waals surface area contributed by atoms with Gasteiger partial charge in [0, 0.05) is 33.3 Å². The summed E-state index contributed by atoms with van der Waals surface area (Å²) in [5, 5.41) is 6.72. The van der Waals surface area contributed by atoms with E-state index in [1.165, 1.54) is 25.9 Å². The molecule has 0 aromatic heterocycles. The number of aliphatic imine (C=N–C) groups is 1. The molecule has 1 rings (SSSR count). The highest BCUT2D eigenvalue weighted by molar-refractivity contribution is 14.0. The first-order valence-corrected chi connectivity index (χ1v) is 6.80. The molecule has 0 aliphatic carbocycles. The van der Waals surface area contributed by atoms with E-state index < -0.39 is 0 Å². The van der Waals surface area contributed by atoms with E-state index in [2.05, 4.69) is 34.5 Å². The zero-order chi connectivity index (χ0) is 13.4. The molecule has 19 heavy (non-hydrogen) atoms. The van der Waals surface area contributed by atoms with Crippen molar-refractivity contribution in [2.24, 2.45) is 10.9 Å². The van der Waals surface area contributed by atoms with Crippen molar-refractivity contribution in [3.63, 3.8) is 0 Å². The van der Waals surface area contributed by atoms with Gasteiger partial charge in [-0.3, -0.25) is 4.99 Å². The normalized spacial score (nSPS) is 22.5. The van der Waals surface area contributed by atoms with E-state index >= 15 is 0 Å². The molecule has 1 saturated heterocycles. The fourth-order valence-corrected chi connectivity index (χ4v) is 2.40. The van der Waals surface area contributed by atoms with Crippen molar-refractivity contribution in [1.29, 1.82) is 0 Å². The molecule has 1 fully saturated rings. The Bertz CT molecular complexity index is 263. The lowest BCUT2D eigenvalue weighted by molar-refractivity contribution is 0.178. The average Bonchev–Trinajstić information content (AvgIpc) is 2.35. The number of methoxy groups -OCH3 is 1. The van der Waals surface area contributed by atoms with Gasteiger partial charge < -0.3 is 20.3 Å². The summed E-state index contributed by atoms with van der Waals surface area (Å²) in [4.78, 5) is 6.64. The lowest BCUT2D eigenvalue weighted by Gasteiger charge is -2.30. The van der Waals surface area contributed by atoms with Crippen molar-refractivity contribution in [2.75, 3.05) is 47.4 Å². The molecule has 0 amide bonds. The summed E-state index contributed by atoms with van der Waals surface area (Å²) in [7, 11) is 5.72. The van der Waals surface area contributed by atoms with Crippen molar-refractivity contribution in [3.8, 4) is 0 Å². The minimum atomic E-state index is 0. The number of nitrogens with zero attached hydrogens (tertiary/aromatic N) is 2. The minimum absolute atomic E-state index is 0. The van der Waals surface area contributed by atoms with Gasteiger partial charge in [-0.15, -0.1) is 24.0 Å². The van der Waals surface area contributed by atoms with Crippen LogP contribution in [0.5, 0.6) is 0 Å². The predicted molar refractivity (Wildman–Crippen MR) is 91.5 cm³/mol. The second kappa shape index (κ2) is 10.7. The van der Waals surface area contributed by atoms with Crippen LogP contribution in [0, 0.1) is 5.92 Å². The molecule has 0 saturated carbocycles. The summed E-state index contributed by atoms with van der Waals surface area (Å²) in [5.41, 5.74) is 0. The van der Waals surface area contributed by atoms with Gasteiger partial charge in [0.15, 0.2) is 5.96 Å². The van der Waals surface area contributed by atoms with Gasteiger partial charge in [0.05, 0.1) is 6.61 Å². The summed E-state index contributed by atoms with van der Waals surface area (Å²) in [6.45, 7) is 6.17. The molecule has 2 atom stereocenters. The first kappa shape index (κ1) is 18.9. The second-order valence-electron chi connectivity index (χ2n) is 5.22. The van der Waals surface area contributed by atoms with Gasteiger partial charge in [0.25, 0.3) is 0 Å². The molecule has 5 nitrogen and oxygen atoms in total. The molecule has 0 aromatic carbocycles. The van der Waals surface area contributed by atoms with Crippen LogP contribution in [0.2, 0.25) is 0 Å². The van der Waals surface area contributed by atoms with Gasteiger partial charge >= 0.3 is 0 Å². The highest BCUT2D eigenvalue weighted by Gasteiger charge is 2.17. The van der Waals surface area contributed by atoms with E-state index in [0.29, 0.717) is 6.61 Å². The third kappa shape index (κ3) is 7.94. The SMILES string of the molecule is CN=C(NCC1CCCN(C)C1)NC(C)COC.I. The van der Waals surface area contributed by atoms with E-state index in [4.69, 9.17) is 4.74 Å². The van der Waals surface area contributed by atoms with Crippen molar-refractivity contribution < 1.29 is 4.74 Å². The van der Waals surface area contributed by atoms with Crippen LogP contribution in [-0.4, -0.2) is 64.3 Å². The van der Waals surface area contributed by atoms with E-state index in [0.717, 1.165) is 18.4 Å². The summed E-state index contributed by atoms with van der Waals surface area (Å²) < 4.78 is 5.11. The zero-order valence-electron chi connectivity index (χ0n) is 12.6. The second-order valence-corrected chi connectivity index (χ2v) is 5.22. The van der Waals surface area contributed by atoms with Crippen molar-refractivity contribution in [1.82, 2.24) is 15.5 Å². The maximum absolute atomic E-state index is 5.11. The molecule has 1 aliphatic heterocycles. The molecule has 0 radical (unpaired) electrons. The molecule has 114 valence electrons. The first-order valence-electron chi connectivity index (χ1n) is 6.80. The Morgan fingerprint density at radius 1 is 1.53 bits per heavy atom. The van der Waals surface area contributed by atoms with Crippen LogP contribution in [0.25, 0.3) is 0 Å². The summed E-state index contributed by atoms with van der Waals surface area (Å²) in [5.74, 6) is 1.59. The molecular formula is C13H29IN4O.